The number of rotatable bonds is 9. The van der Waals surface area contributed by atoms with Crippen LogP contribution in [-0.4, -0.2) is 23.6 Å². The Morgan fingerprint density at radius 1 is 1.32 bits per heavy atom. The second kappa shape index (κ2) is 9.07. The molecule has 0 aliphatic rings. The fourth-order valence-electron chi connectivity index (χ4n) is 2.12. The average molecular weight is 307 g/mol. The summed E-state index contributed by atoms with van der Waals surface area (Å²) in [5.74, 6) is 0.107. The molecule has 0 saturated carbocycles. The van der Waals surface area contributed by atoms with Gasteiger partial charge in [0.05, 0.1) is 12.3 Å². The number of amides is 1. The summed E-state index contributed by atoms with van der Waals surface area (Å²) in [7, 11) is 0. The van der Waals surface area contributed by atoms with Gasteiger partial charge >= 0.3 is 5.97 Å². The van der Waals surface area contributed by atoms with Crippen molar-refractivity contribution in [2.45, 2.75) is 46.5 Å². The van der Waals surface area contributed by atoms with Crippen LogP contribution >= 0.6 is 0 Å². The van der Waals surface area contributed by atoms with Crippen molar-refractivity contribution < 1.29 is 19.4 Å². The molecule has 0 heterocycles. The summed E-state index contributed by atoms with van der Waals surface area (Å²) in [5.41, 5.74) is 1.67. The van der Waals surface area contributed by atoms with Gasteiger partial charge in [-0.15, -0.1) is 0 Å². The molecule has 22 heavy (non-hydrogen) atoms. The van der Waals surface area contributed by atoms with Crippen molar-refractivity contribution in [1.29, 1.82) is 0 Å². The predicted molar refractivity (Wildman–Crippen MR) is 86.3 cm³/mol. The summed E-state index contributed by atoms with van der Waals surface area (Å²) in [5, 5.41) is 11.5. The number of aryl methyl sites for hydroxylation is 1. The molecule has 0 spiro atoms. The van der Waals surface area contributed by atoms with Crippen molar-refractivity contribution in [3.05, 3.63) is 23.8 Å². The summed E-state index contributed by atoms with van der Waals surface area (Å²) < 4.78 is 5.58. The van der Waals surface area contributed by atoms with Crippen LogP contribution < -0.4 is 10.1 Å². The lowest BCUT2D eigenvalue weighted by atomic mass is 10.1. The Kier molecular flexibility index (Phi) is 7.43. The van der Waals surface area contributed by atoms with Crippen molar-refractivity contribution in [1.82, 2.24) is 0 Å². The lowest BCUT2D eigenvalue weighted by Crippen LogP contribution is -2.14. The number of carboxylic acids is 1. The molecule has 0 unspecified atom stereocenters. The van der Waals surface area contributed by atoms with Gasteiger partial charge in [0.2, 0.25) is 5.91 Å². The standard InChI is InChI=1S/C17H25NO4/c1-4-22-15-11-13(6-5-7-17(20)21)8-9-14(15)18-16(19)10-12(2)3/h8-9,11-12H,4-7,10H2,1-3H3,(H,18,19)(H,20,21). The molecule has 1 rings (SSSR count). The highest BCUT2D eigenvalue weighted by atomic mass is 16.5. The minimum atomic E-state index is -0.789. The van der Waals surface area contributed by atoms with Gasteiger partial charge in [0.25, 0.3) is 0 Å². The largest absolute Gasteiger partial charge is 0.492 e. The van der Waals surface area contributed by atoms with Crippen molar-refractivity contribution in [3.8, 4) is 5.75 Å². The highest BCUT2D eigenvalue weighted by Gasteiger charge is 2.10. The molecule has 1 amide bonds. The molecule has 0 atom stereocenters. The monoisotopic (exact) mass is 307 g/mol. The maximum atomic E-state index is 11.9. The zero-order valence-electron chi connectivity index (χ0n) is 13.5. The summed E-state index contributed by atoms with van der Waals surface area (Å²) >= 11 is 0. The molecule has 0 saturated heterocycles. The SMILES string of the molecule is CCOc1cc(CCCC(=O)O)ccc1NC(=O)CC(C)C. The van der Waals surface area contributed by atoms with Gasteiger partial charge in [-0.25, -0.2) is 0 Å². The number of aliphatic carboxylic acids is 1. The van der Waals surface area contributed by atoms with E-state index in [9.17, 15) is 9.59 Å². The van der Waals surface area contributed by atoms with Crippen molar-refractivity contribution in [3.63, 3.8) is 0 Å². The third kappa shape index (κ3) is 6.61. The number of carboxylic acid groups (broad SMARTS) is 1. The highest BCUT2D eigenvalue weighted by molar-refractivity contribution is 5.92. The maximum Gasteiger partial charge on any atom is 0.303 e. The molecule has 2 N–H and O–H groups in total. The van der Waals surface area contributed by atoms with Gasteiger partial charge in [-0.2, -0.15) is 0 Å². The maximum absolute atomic E-state index is 11.9. The zero-order chi connectivity index (χ0) is 16.5. The molecule has 5 heteroatoms. The number of ether oxygens (including phenoxy) is 1. The van der Waals surface area contributed by atoms with E-state index in [0.29, 0.717) is 43.2 Å². The van der Waals surface area contributed by atoms with E-state index < -0.39 is 5.97 Å². The van der Waals surface area contributed by atoms with Crippen LogP contribution in [0.25, 0.3) is 0 Å². The summed E-state index contributed by atoms with van der Waals surface area (Å²) in [4.78, 5) is 22.4. The molecule has 1 aromatic rings. The van der Waals surface area contributed by atoms with E-state index >= 15 is 0 Å². The molecule has 0 aliphatic heterocycles. The Balaban J connectivity index is 2.76. The van der Waals surface area contributed by atoms with E-state index in [4.69, 9.17) is 9.84 Å². The second-order valence-electron chi connectivity index (χ2n) is 5.66. The Morgan fingerprint density at radius 3 is 2.64 bits per heavy atom. The minimum absolute atomic E-state index is 0.0328. The molecule has 0 aromatic heterocycles. The van der Waals surface area contributed by atoms with Gasteiger partial charge in [-0.1, -0.05) is 19.9 Å². The topological polar surface area (TPSA) is 75.6 Å². The molecule has 0 radical (unpaired) electrons. The normalized spacial score (nSPS) is 10.5. The van der Waals surface area contributed by atoms with Crippen LogP contribution in [0, 0.1) is 5.92 Å². The first-order chi connectivity index (χ1) is 10.4. The van der Waals surface area contributed by atoms with Gasteiger partial charge in [-0.3, -0.25) is 9.59 Å². The van der Waals surface area contributed by atoms with Gasteiger partial charge in [0.15, 0.2) is 0 Å². The van der Waals surface area contributed by atoms with E-state index in [2.05, 4.69) is 5.32 Å². The number of anilines is 1. The van der Waals surface area contributed by atoms with E-state index in [1.54, 1.807) is 0 Å². The Morgan fingerprint density at radius 2 is 2.05 bits per heavy atom. The lowest BCUT2D eigenvalue weighted by Gasteiger charge is -2.14. The van der Waals surface area contributed by atoms with Crippen molar-refractivity contribution in [2.75, 3.05) is 11.9 Å². The van der Waals surface area contributed by atoms with Crippen LogP contribution in [0.2, 0.25) is 0 Å². The zero-order valence-corrected chi connectivity index (χ0v) is 13.5. The van der Waals surface area contributed by atoms with E-state index in [0.717, 1.165) is 5.56 Å². The number of nitrogens with one attached hydrogen (secondary N) is 1. The van der Waals surface area contributed by atoms with Gasteiger partial charge < -0.3 is 15.2 Å². The number of hydrogen-bond acceptors (Lipinski definition) is 3. The predicted octanol–water partition coefficient (Wildman–Crippen LogP) is 3.48. The Hall–Kier alpha value is -2.04. The summed E-state index contributed by atoms with van der Waals surface area (Å²) in [6.07, 6.45) is 1.87. The van der Waals surface area contributed by atoms with Crippen molar-refractivity contribution >= 4 is 17.6 Å². The van der Waals surface area contributed by atoms with Gasteiger partial charge in [0, 0.05) is 12.8 Å². The third-order valence-corrected chi connectivity index (χ3v) is 3.07. The first-order valence-electron chi connectivity index (χ1n) is 7.69. The van der Waals surface area contributed by atoms with Crippen LogP contribution in [0.1, 0.15) is 45.6 Å². The molecular formula is C17H25NO4. The molecule has 122 valence electrons. The van der Waals surface area contributed by atoms with E-state index in [1.165, 1.54) is 0 Å². The molecule has 0 aliphatic carbocycles. The number of benzene rings is 1. The number of carbonyl (C=O) groups is 2. The van der Waals surface area contributed by atoms with Crippen LogP contribution in [-0.2, 0) is 16.0 Å². The lowest BCUT2D eigenvalue weighted by molar-refractivity contribution is -0.137. The molecule has 0 fully saturated rings. The first-order valence-corrected chi connectivity index (χ1v) is 7.69. The fraction of sp³-hybridized carbons (Fsp3) is 0.529. The Bertz CT molecular complexity index is 511. The van der Waals surface area contributed by atoms with Crippen LogP contribution in [0.4, 0.5) is 5.69 Å². The molecule has 0 bridgehead atoms. The number of hydrogen-bond donors (Lipinski definition) is 2. The molecule has 1 aromatic carbocycles. The Labute approximate surface area is 131 Å². The average Bonchev–Trinajstić information content (AvgIpc) is 2.40. The summed E-state index contributed by atoms with van der Waals surface area (Å²) in [6.45, 7) is 6.38. The first kappa shape index (κ1) is 18.0. The third-order valence-electron chi connectivity index (χ3n) is 3.07. The number of carbonyl (C=O) groups excluding carboxylic acids is 1. The molecule has 5 nitrogen and oxygen atoms in total. The van der Waals surface area contributed by atoms with Gasteiger partial charge in [-0.05, 0) is 43.4 Å². The fourth-order valence-corrected chi connectivity index (χ4v) is 2.12. The quantitative estimate of drug-likeness (QED) is 0.732. The van der Waals surface area contributed by atoms with E-state index in [-0.39, 0.29) is 12.3 Å². The summed E-state index contributed by atoms with van der Waals surface area (Å²) in [6, 6.07) is 5.59. The highest BCUT2D eigenvalue weighted by Crippen LogP contribution is 2.27. The van der Waals surface area contributed by atoms with Crippen molar-refractivity contribution in [2.24, 2.45) is 5.92 Å². The van der Waals surface area contributed by atoms with Crippen LogP contribution in [0.15, 0.2) is 18.2 Å². The smallest absolute Gasteiger partial charge is 0.303 e. The van der Waals surface area contributed by atoms with Crippen LogP contribution in [0.5, 0.6) is 5.75 Å². The molecular weight excluding hydrogens is 282 g/mol. The second-order valence-corrected chi connectivity index (χ2v) is 5.66. The van der Waals surface area contributed by atoms with Gasteiger partial charge in [0.1, 0.15) is 5.75 Å². The minimum Gasteiger partial charge on any atom is -0.492 e. The van der Waals surface area contributed by atoms with E-state index in [1.807, 2.05) is 39.0 Å². The van der Waals surface area contributed by atoms with Crippen LogP contribution in [0.3, 0.4) is 0 Å².